The zero-order valence-electron chi connectivity index (χ0n) is 12.6. The van der Waals surface area contributed by atoms with Gasteiger partial charge in [0.15, 0.2) is 0 Å². The zero-order valence-corrected chi connectivity index (χ0v) is 12.6. The lowest BCUT2D eigenvalue weighted by Gasteiger charge is -2.22. The van der Waals surface area contributed by atoms with E-state index in [1.807, 2.05) is 24.1 Å². The van der Waals surface area contributed by atoms with Gasteiger partial charge in [-0.25, -0.2) is 4.79 Å². The first-order valence-corrected chi connectivity index (χ1v) is 6.87. The molecule has 2 N–H and O–H groups in total. The van der Waals surface area contributed by atoms with Gasteiger partial charge in [0.25, 0.3) is 0 Å². The van der Waals surface area contributed by atoms with Crippen molar-refractivity contribution in [3.05, 3.63) is 53.6 Å². The van der Waals surface area contributed by atoms with E-state index in [1.165, 1.54) is 12.7 Å². The van der Waals surface area contributed by atoms with E-state index in [-0.39, 0.29) is 5.97 Å². The van der Waals surface area contributed by atoms with Gasteiger partial charge >= 0.3 is 5.97 Å². The summed E-state index contributed by atoms with van der Waals surface area (Å²) in [6.45, 7) is 2.12. The Morgan fingerprint density at radius 1 is 1.19 bits per heavy atom. The molecule has 0 fully saturated rings. The molecule has 0 radical (unpaired) electrons. The first-order chi connectivity index (χ1) is 10.1. The van der Waals surface area contributed by atoms with Crippen LogP contribution in [0.3, 0.4) is 0 Å². The monoisotopic (exact) mass is 284 g/mol. The average molecular weight is 284 g/mol. The standard InChI is InChI=1S/C17H20N2O2/c1-4-12-5-8-14(9-6-12)19(2)16-11-13(17(20)21-3)7-10-15(16)18/h5-11H,4,18H2,1-3H3. The maximum Gasteiger partial charge on any atom is 0.337 e. The van der Waals surface area contributed by atoms with Gasteiger partial charge in [-0.2, -0.15) is 0 Å². The van der Waals surface area contributed by atoms with Crippen LogP contribution in [0.15, 0.2) is 42.5 Å². The summed E-state index contributed by atoms with van der Waals surface area (Å²) in [6.07, 6.45) is 1.00. The van der Waals surface area contributed by atoms with Crippen LogP contribution in [0.1, 0.15) is 22.8 Å². The molecule has 0 aromatic heterocycles. The topological polar surface area (TPSA) is 55.6 Å². The molecule has 0 amide bonds. The average Bonchev–Trinajstić information content (AvgIpc) is 2.54. The quantitative estimate of drug-likeness (QED) is 0.690. The first-order valence-electron chi connectivity index (χ1n) is 6.87. The molecule has 0 atom stereocenters. The Balaban J connectivity index is 2.36. The molecule has 0 saturated heterocycles. The fourth-order valence-corrected chi connectivity index (χ4v) is 2.17. The second-order valence-electron chi connectivity index (χ2n) is 4.84. The molecule has 21 heavy (non-hydrogen) atoms. The number of rotatable bonds is 4. The van der Waals surface area contributed by atoms with Crippen LogP contribution in [0.25, 0.3) is 0 Å². The molecular formula is C17H20N2O2. The summed E-state index contributed by atoms with van der Waals surface area (Å²) >= 11 is 0. The fraction of sp³-hybridized carbons (Fsp3) is 0.235. The van der Waals surface area contributed by atoms with Crippen LogP contribution in [0.5, 0.6) is 0 Å². The smallest absolute Gasteiger partial charge is 0.337 e. The number of hydrogen-bond donors (Lipinski definition) is 1. The highest BCUT2D eigenvalue weighted by molar-refractivity contribution is 5.92. The van der Waals surface area contributed by atoms with E-state index in [2.05, 4.69) is 19.1 Å². The highest BCUT2D eigenvalue weighted by Gasteiger charge is 2.12. The number of ether oxygens (including phenoxy) is 1. The lowest BCUT2D eigenvalue weighted by molar-refractivity contribution is 0.0601. The van der Waals surface area contributed by atoms with Crippen LogP contribution < -0.4 is 10.6 Å². The lowest BCUT2D eigenvalue weighted by atomic mass is 10.1. The van der Waals surface area contributed by atoms with E-state index in [0.717, 1.165) is 17.8 Å². The SMILES string of the molecule is CCc1ccc(N(C)c2cc(C(=O)OC)ccc2N)cc1. The predicted molar refractivity (Wildman–Crippen MR) is 86.1 cm³/mol. The van der Waals surface area contributed by atoms with E-state index in [1.54, 1.807) is 18.2 Å². The number of benzene rings is 2. The Kier molecular flexibility index (Phi) is 4.48. The van der Waals surface area contributed by atoms with Crippen LogP contribution in [0.4, 0.5) is 17.1 Å². The summed E-state index contributed by atoms with van der Waals surface area (Å²) in [5.74, 6) is -0.369. The number of anilines is 3. The normalized spacial score (nSPS) is 10.2. The largest absolute Gasteiger partial charge is 0.465 e. The van der Waals surface area contributed by atoms with Crippen molar-refractivity contribution in [1.82, 2.24) is 0 Å². The van der Waals surface area contributed by atoms with Gasteiger partial charge in [-0.05, 0) is 42.3 Å². The van der Waals surface area contributed by atoms with Crippen LogP contribution >= 0.6 is 0 Å². The summed E-state index contributed by atoms with van der Waals surface area (Å²) in [5.41, 5.74) is 10.2. The van der Waals surface area contributed by atoms with Crippen molar-refractivity contribution >= 4 is 23.0 Å². The highest BCUT2D eigenvalue weighted by Crippen LogP contribution is 2.30. The molecule has 2 aromatic rings. The second kappa shape index (κ2) is 6.31. The van der Waals surface area contributed by atoms with Gasteiger partial charge in [0.05, 0.1) is 24.0 Å². The van der Waals surface area contributed by atoms with E-state index in [4.69, 9.17) is 10.5 Å². The van der Waals surface area contributed by atoms with Crippen LogP contribution in [-0.2, 0) is 11.2 Å². The Hall–Kier alpha value is -2.49. The van der Waals surface area contributed by atoms with E-state index in [9.17, 15) is 4.79 Å². The molecule has 0 spiro atoms. The van der Waals surface area contributed by atoms with E-state index < -0.39 is 0 Å². The number of carbonyl (C=O) groups excluding carboxylic acids is 1. The molecule has 0 unspecified atom stereocenters. The maximum absolute atomic E-state index is 11.6. The number of esters is 1. The summed E-state index contributed by atoms with van der Waals surface area (Å²) < 4.78 is 4.75. The first kappa shape index (κ1) is 14.9. The number of methoxy groups -OCH3 is 1. The highest BCUT2D eigenvalue weighted by atomic mass is 16.5. The van der Waals surface area contributed by atoms with Crippen molar-refractivity contribution in [1.29, 1.82) is 0 Å². The molecule has 0 aliphatic heterocycles. The molecule has 2 aromatic carbocycles. The van der Waals surface area contributed by atoms with Gasteiger partial charge < -0.3 is 15.4 Å². The molecule has 0 aliphatic rings. The zero-order chi connectivity index (χ0) is 15.4. The van der Waals surface area contributed by atoms with Crippen molar-refractivity contribution in [2.24, 2.45) is 0 Å². The summed E-state index contributed by atoms with van der Waals surface area (Å²) in [7, 11) is 3.29. The second-order valence-corrected chi connectivity index (χ2v) is 4.84. The Morgan fingerprint density at radius 2 is 1.86 bits per heavy atom. The molecule has 110 valence electrons. The molecule has 0 heterocycles. The van der Waals surface area contributed by atoms with Gasteiger partial charge in [-0.1, -0.05) is 19.1 Å². The van der Waals surface area contributed by atoms with Gasteiger partial charge in [0.1, 0.15) is 0 Å². The fourth-order valence-electron chi connectivity index (χ4n) is 2.17. The van der Waals surface area contributed by atoms with E-state index >= 15 is 0 Å². The molecule has 4 heteroatoms. The van der Waals surface area contributed by atoms with Gasteiger partial charge in [-0.3, -0.25) is 0 Å². The van der Waals surface area contributed by atoms with Crippen molar-refractivity contribution in [2.75, 3.05) is 24.8 Å². The van der Waals surface area contributed by atoms with Crippen molar-refractivity contribution in [3.63, 3.8) is 0 Å². The maximum atomic E-state index is 11.6. The predicted octanol–water partition coefficient (Wildman–Crippen LogP) is 3.39. The minimum absolute atomic E-state index is 0.369. The molecule has 2 rings (SSSR count). The number of carbonyl (C=O) groups is 1. The third-order valence-electron chi connectivity index (χ3n) is 3.54. The van der Waals surface area contributed by atoms with Crippen LogP contribution in [-0.4, -0.2) is 20.1 Å². The molecule has 4 nitrogen and oxygen atoms in total. The van der Waals surface area contributed by atoms with Crippen LogP contribution in [0.2, 0.25) is 0 Å². The van der Waals surface area contributed by atoms with Crippen molar-refractivity contribution < 1.29 is 9.53 Å². The molecule has 0 aliphatic carbocycles. The van der Waals surface area contributed by atoms with E-state index in [0.29, 0.717) is 11.3 Å². The number of nitrogens with two attached hydrogens (primary N) is 1. The Morgan fingerprint density at radius 3 is 2.43 bits per heavy atom. The molecule has 0 saturated carbocycles. The minimum Gasteiger partial charge on any atom is -0.465 e. The Bertz CT molecular complexity index is 636. The summed E-state index contributed by atoms with van der Waals surface area (Å²) in [6, 6.07) is 13.4. The molecular weight excluding hydrogens is 264 g/mol. The third kappa shape index (κ3) is 3.16. The van der Waals surface area contributed by atoms with Crippen LogP contribution in [0, 0.1) is 0 Å². The summed E-state index contributed by atoms with van der Waals surface area (Å²) in [5, 5.41) is 0. The minimum atomic E-state index is -0.369. The van der Waals surface area contributed by atoms with Crippen molar-refractivity contribution in [2.45, 2.75) is 13.3 Å². The number of hydrogen-bond acceptors (Lipinski definition) is 4. The third-order valence-corrected chi connectivity index (χ3v) is 3.54. The van der Waals surface area contributed by atoms with Gasteiger partial charge in [0.2, 0.25) is 0 Å². The number of nitrogens with zero attached hydrogens (tertiary/aromatic N) is 1. The Labute approximate surface area is 125 Å². The summed E-state index contributed by atoms with van der Waals surface area (Å²) in [4.78, 5) is 13.6. The van der Waals surface area contributed by atoms with Gasteiger partial charge in [0, 0.05) is 12.7 Å². The number of nitrogen functional groups attached to an aromatic ring is 1. The lowest BCUT2D eigenvalue weighted by Crippen LogP contribution is -2.13. The molecule has 0 bridgehead atoms. The number of aryl methyl sites for hydroxylation is 1. The van der Waals surface area contributed by atoms with Crippen molar-refractivity contribution in [3.8, 4) is 0 Å². The van der Waals surface area contributed by atoms with Gasteiger partial charge in [-0.15, -0.1) is 0 Å².